The summed E-state index contributed by atoms with van der Waals surface area (Å²) in [6, 6.07) is 17.4. The molecule has 3 heterocycles. The number of benzene rings is 3. The first-order chi connectivity index (χ1) is 21.6. The maximum Gasteiger partial charge on any atom is 0.337 e. The molecule has 0 spiro atoms. The molecule has 5 aromatic rings. The number of carboxylic acids is 1. The van der Waals surface area contributed by atoms with Crippen LogP contribution in [0.5, 0.6) is 5.88 Å². The number of rotatable bonds is 9. The van der Waals surface area contributed by atoms with Crippen molar-refractivity contribution in [1.29, 1.82) is 5.26 Å². The lowest BCUT2D eigenvalue weighted by atomic mass is 10.0. The summed E-state index contributed by atoms with van der Waals surface area (Å²) >= 11 is 0. The topological polar surface area (TPSA) is 110 Å². The summed E-state index contributed by atoms with van der Waals surface area (Å²) in [7, 11) is 0. The first kappa shape index (κ1) is 29.8. The van der Waals surface area contributed by atoms with Crippen LogP contribution in [0.1, 0.15) is 52.6 Å². The van der Waals surface area contributed by atoms with Gasteiger partial charge in [-0.1, -0.05) is 18.2 Å². The minimum absolute atomic E-state index is 0.0158. The number of nitriles is 1. The Morgan fingerprint density at radius 1 is 1.04 bits per heavy atom. The highest BCUT2D eigenvalue weighted by Gasteiger charge is 2.32. The molecule has 45 heavy (non-hydrogen) atoms. The zero-order valence-corrected chi connectivity index (χ0v) is 24.2. The molecule has 8 nitrogen and oxygen atoms in total. The molecule has 1 fully saturated rings. The van der Waals surface area contributed by atoms with Crippen LogP contribution in [0.4, 0.5) is 13.2 Å². The Morgan fingerprint density at radius 3 is 2.58 bits per heavy atom. The molecular weight excluding hydrogens is 585 g/mol. The van der Waals surface area contributed by atoms with E-state index in [-0.39, 0.29) is 57.9 Å². The minimum atomic E-state index is -1.14. The van der Waals surface area contributed by atoms with E-state index in [2.05, 4.69) is 9.97 Å². The van der Waals surface area contributed by atoms with Gasteiger partial charge in [-0.25, -0.2) is 27.9 Å². The van der Waals surface area contributed by atoms with Crippen molar-refractivity contribution in [2.24, 2.45) is 0 Å². The van der Waals surface area contributed by atoms with Crippen LogP contribution in [-0.4, -0.2) is 37.8 Å². The Morgan fingerprint density at radius 2 is 1.84 bits per heavy atom. The highest BCUT2D eigenvalue weighted by molar-refractivity contribution is 6.01. The summed E-state index contributed by atoms with van der Waals surface area (Å²) in [4.78, 5) is 20.8. The van der Waals surface area contributed by atoms with E-state index in [1.807, 2.05) is 17.6 Å². The molecule has 1 atom stereocenters. The summed E-state index contributed by atoms with van der Waals surface area (Å²) in [6.07, 6.45) is 1.58. The van der Waals surface area contributed by atoms with Crippen molar-refractivity contribution in [2.45, 2.75) is 44.9 Å². The largest absolute Gasteiger partial charge is 0.478 e. The number of hydrogen-bond donors (Lipinski definition) is 1. The molecule has 1 aliphatic rings. The summed E-state index contributed by atoms with van der Waals surface area (Å²) in [5, 5.41) is 18.7. The SMILES string of the molecule is CC1(Cn2c(Cc3cc(F)c(-c4cccc(OCc5ccc(C#N)cc5F)n4)cc3F)nc3c(C(=O)O)cccc32)CCCO1. The second kappa shape index (κ2) is 12.1. The number of imidazole rings is 1. The third-order valence-electron chi connectivity index (χ3n) is 7.92. The number of aromatic nitrogens is 3. The van der Waals surface area contributed by atoms with Gasteiger partial charge in [0.15, 0.2) is 0 Å². The third kappa shape index (κ3) is 6.10. The molecule has 0 bridgehead atoms. The van der Waals surface area contributed by atoms with Gasteiger partial charge in [0.2, 0.25) is 5.88 Å². The zero-order valence-electron chi connectivity index (χ0n) is 24.2. The lowest BCUT2D eigenvalue weighted by molar-refractivity contribution is 0.00654. The van der Waals surface area contributed by atoms with Crippen LogP contribution in [0.15, 0.2) is 66.7 Å². The molecule has 1 aliphatic heterocycles. The van der Waals surface area contributed by atoms with Gasteiger partial charge >= 0.3 is 5.97 Å². The number of ether oxygens (including phenoxy) is 2. The van der Waals surface area contributed by atoms with E-state index in [9.17, 15) is 14.3 Å². The van der Waals surface area contributed by atoms with Crippen molar-refractivity contribution < 1.29 is 32.5 Å². The molecule has 0 radical (unpaired) electrons. The molecule has 2 aromatic heterocycles. The van der Waals surface area contributed by atoms with Crippen molar-refractivity contribution in [1.82, 2.24) is 14.5 Å². The van der Waals surface area contributed by atoms with Crippen molar-refractivity contribution in [3.63, 3.8) is 0 Å². The quantitative estimate of drug-likeness (QED) is 0.194. The van der Waals surface area contributed by atoms with Crippen LogP contribution in [0.2, 0.25) is 0 Å². The van der Waals surface area contributed by atoms with Gasteiger partial charge in [0.1, 0.15) is 35.4 Å². The van der Waals surface area contributed by atoms with E-state index >= 15 is 8.78 Å². The van der Waals surface area contributed by atoms with Crippen molar-refractivity contribution in [3.8, 4) is 23.2 Å². The predicted octanol–water partition coefficient (Wildman–Crippen LogP) is 6.82. The number of carbonyl (C=O) groups is 1. The normalized spacial score (nSPS) is 16.2. The first-order valence-electron chi connectivity index (χ1n) is 14.3. The number of halogens is 3. The van der Waals surface area contributed by atoms with Gasteiger partial charge in [-0.3, -0.25) is 0 Å². The van der Waals surface area contributed by atoms with Gasteiger partial charge < -0.3 is 19.1 Å². The number of fused-ring (bicyclic) bond motifs is 1. The second-order valence-electron chi connectivity index (χ2n) is 11.2. The predicted molar refractivity (Wildman–Crippen MR) is 158 cm³/mol. The van der Waals surface area contributed by atoms with Crippen LogP contribution in [-0.2, 0) is 24.3 Å². The van der Waals surface area contributed by atoms with Crippen LogP contribution in [0, 0.1) is 28.8 Å². The van der Waals surface area contributed by atoms with Crippen LogP contribution in [0.25, 0.3) is 22.3 Å². The monoisotopic (exact) mass is 612 g/mol. The van der Waals surface area contributed by atoms with Gasteiger partial charge in [-0.2, -0.15) is 5.26 Å². The lowest BCUT2D eigenvalue weighted by Crippen LogP contribution is -2.30. The average Bonchev–Trinajstić information content (AvgIpc) is 3.61. The van der Waals surface area contributed by atoms with E-state index in [1.54, 1.807) is 18.2 Å². The Bertz CT molecular complexity index is 1980. The molecular formula is C34H27F3N4O4. The van der Waals surface area contributed by atoms with Crippen molar-refractivity contribution in [3.05, 3.63) is 112 Å². The first-order valence-corrected chi connectivity index (χ1v) is 14.3. The molecule has 11 heteroatoms. The van der Waals surface area contributed by atoms with Crippen molar-refractivity contribution >= 4 is 17.0 Å². The summed E-state index contributed by atoms with van der Waals surface area (Å²) in [6.45, 7) is 2.76. The van der Waals surface area contributed by atoms with E-state index in [4.69, 9.17) is 14.7 Å². The highest BCUT2D eigenvalue weighted by Crippen LogP contribution is 2.32. The standard InChI is InChI=1S/C34H27F3N4O4/c1-34(11-4-12-45-34)19-41-29-7-2-5-23(33(42)43)32(29)40-30(41)15-22-14-27(37)24(16-26(22)36)28-6-3-8-31(39-28)44-18-21-10-9-20(17-38)13-25(21)35/h2-3,5-10,13-14,16H,4,11-12,15,18-19H2,1H3,(H,42,43). The molecule has 0 saturated carbocycles. The van der Waals surface area contributed by atoms with Gasteiger partial charge in [-0.15, -0.1) is 0 Å². The van der Waals surface area contributed by atoms with Crippen LogP contribution >= 0.6 is 0 Å². The Kier molecular flexibility index (Phi) is 7.99. The smallest absolute Gasteiger partial charge is 0.337 e. The van der Waals surface area contributed by atoms with Gasteiger partial charge in [-0.05, 0) is 67.8 Å². The number of aromatic carboxylic acids is 1. The highest BCUT2D eigenvalue weighted by atomic mass is 19.1. The third-order valence-corrected chi connectivity index (χ3v) is 7.92. The van der Waals surface area contributed by atoms with Gasteiger partial charge in [0.25, 0.3) is 0 Å². The molecule has 0 amide bonds. The molecule has 3 aromatic carbocycles. The van der Waals surface area contributed by atoms with E-state index in [0.717, 1.165) is 31.0 Å². The molecule has 6 rings (SSSR count). The maximum absolute atomic E-state index is 15.6. The van der Waals surface area contributed by atoms with Crippen molar-refractivity contribution in [2.75, 3.05) is 6.61 Å². The van der Waals surface area contributed by atoms with E-state index in [1.165, 1.54) is 30.3 Å². The fraction of sp³-hybridized carbons (Fsp3) is 0.235. The number of hydrogen-bond acceptors (Lipinski definition) is 6. The molecule has 1 N–H and O–H groups in total. The van der Waals surface area contributed by atoms with Crippen LogP contribution < -0.4 is 4.74 Å². The minimum Gasteiger partial charge on any atom is -0.478 e. The lowest BCUT2D eigenvalue weighted by Gasteiger charge is -2.25. The molecule has 0 aliphatic carbocycles. The summed E-state index contributed by atoms with van der Waals surface area (Å²) in [5.74, 6) is -2.71. The van der Waals surface area contributed by atoms with E-state index in [0.29, 0.717) is 24.5 Å². The molecule has 1 unspecified atom stereocenters. The fourth-order valence-electron chi connectivity index (χ4n) is 5.60. The van der Waals surface area contributed by atoms with Gasteiger partial charge in [0, 0.05) is 30.2 Å². The number of carboxylic acid groups (broad SMARTS) is 1. The maximum atomic E-state index is 15.6. The summed E-state index contributed by atoms with van der Waals surface area (Å²) in [5.41, 5.74) is 0.768. The molecule has 228 valence electrons. The Hall–Kier alpha value is -5.21. The zero-order chi connectivity index (χ0) is 31.7. The van der Waals surface area contributed by atoms with Crippen LogP contribution in [0.3, 0.4) is 0 Å². The number of nitrogens with zero attached hydrogens (tertiary/aromatic N) is 4. The number of para-hydroxylation sites is 1. The average molecular weight is 613 g/mol. The van der Waals surface area contributed by atoms with E-state index < -0.39 is 29.0 Å². The Labute approximate surface area is 256 Å². The van der Waals surface area contributed by atoms with Gasteiger partial charge in [0.05, 0.1) is 40.6 Å². The summed E-state index contributed by atoms with van der Waals surface area (Å²) < 4.78 is 58.8. The fourth-order valence-corrected chi connectivity index (χ4v) is 5.60. The number of pyridine rings is 1. The second-order valence-corrected chi connectivity index (χ2v) is 11.2. The molecule has 1 saturated heterocycles. The Balaban J connectivity index is 1.29.